The van der Waals surface area contributed by atoms with Gasteiger partial charge in [0.25, 0.3) is 5.91 Å². The van der Waals surface area contributed by atoms with Crippen molar-refractivity contribution >= 4 is 18.0 Å². The molecular weight excluding hydrogens is 334 g/mol. The molecule has 0 spiro atoms. The number of ether oxygens (including phenoxy) is 1. The van der Waals surface area contributed by atoms with E-state index in [0.717, 1.165) is 5.56 Å². The summed E-state index contributed by atoms with van der Waals surface area (Å²) in [6.07, 6.45) is -0.446. The Morgan fingerprint density at radius 2 is 1.65 bits per heavy atom. The van der Waals surface area contributed by atoms with E-state index >= 15 is 0 Å². The topological polar surface area (TPSA) is 104 Å². The zero-order valence-electron chi connectivity index (χ0n) is 16.1. The van der Waals surface area contributed by atoms with E-state index in [9.17, 15) is 9.59 Å². The summed E-state index contributed by atoms with van der Waals surface area (Å²) in [5.41, 5.74) is 1.13. The molecule has 144 valence electrons. The summed E-state index contributed by atoms with van der Waals surface area (Å²) < 4.78 is 5.16. The van der Waals surface area contributed by atoms with E-state index < -0.39 is 11.7 Å². The van der Waals surface area contributed by atoms with Crippen LogP contribution in [0.4, 0.5) is 4.79 Å². The lowest BCUT2D eigenvalue weighted by Gasteiger charge is -2.20. The van der Waals surface area contributed by atoms with Crippen LogP contribution in [0, 0.1) is 0 Å². The van der Waals surface area contributed by atoms with Gasteiger partial charge in [0.2, 0.25) is 0 Å². The third-order valence-electron chi connectivity index (χ3n) is 3.21. The molecule has 0 atom stereocenters. The minimum absolute atomic E-state index is 0.112. The number of hydrogen-bond acceptors (Lipinski definition) is 4. The number of carbonyl (C=O) groups excluding carboxylic acids is 2. The van der Waals surface area contributed by atoms with Gasteiger partial charge in [-0.25, -0.2) is 4.79 Å². The third kappa shape index (κ3) is 8.36. The van der Waals surface area contributed by atoms with Gasteiger partial charge in [-0.3, -0.25) is 9.79 Å². The fourth-order valence-corrected chi connectivity index (χ4v) is 1.98. The maximum atomic E-state index is 11.5. The molecule has 4 N–H and O–H groups in total. The van der Waals surface area contributed by atoms with E-state index in [0.29, 0.717) is 31.2 Å². The number of nitrogens with one attached hydrogen (secondary N) is 4. The number of aliphatic imine (C=N–C) groups is 1. The highest BCUT2D eigenvalue weighted by Crippen LogP contribution is 2.06. The highest BCUT2D eigenvalue weighted by atomic mass is 16.6. The molecule has 1 rings (SSSR count). The van der Waals surface area contributed by atoms with Crippen LogP contribution in [0.15, 0.2) is 29.3 Å². The summed E-state index contributed by atoms with van der Waals surface area (Å²) in [6.45, 7) is 6.94. The van der Waals surface area contributed by atoms with Crippen LogP contribution in [-0.4, -0.2) is 50.7 Å². The number of rotatable bonds is 6. The lowest BCUT2D eigenvalue weighted by Crippen LogP contribution is -2.42. The molecule has 0 aliphatic rings. The van der Waals surface area contributed by atoms with Gasteiger partial charge in [-0.1, -0.05) is 12.1 Å². The van der Waals surface area contributed by atoms with Crippen LogP contribution < -0.4 is 21.3 Å². The van der Waals surface area contributed by atoms with Crippen molar-refractivity contribution in [3.8, 4) is 0 Å². The summed E-state index contributed by atoms with van der Waals surface area (Å²) in [5.74, 6) is 0.505. The number of benzene rings is 1. The first-order valence-corrected chi connectivity index (χ1v) is 8.47. The van der Waals surface area contributed by atoms with Crippen LogP contribution in [-0.2, 0) is 11.3 Å². The van der Waals surface area contributed by atoms with Crippen molar-refractivity contribution in [1.29, 1.82) is 0 Å². The van der Waals surface area contributed by atoms with Crippen molar-refractivity contribution in [1.82, 2.24) is 21.3 Å². The lowest BCUT2D eigenvalue weighted by atomic mass is 10.1. The van der Waals surface area contributed by atoms with E-state index in [2.05, 4.69) is 26.3 Å². The van der Waals surface area contributed by atoms with Crippen LogP contribution in [0.2, 0.25) is 0 Å². The number of carbonyl (C=O) groups is 2. The standard InChI is InChI=1S/C18H29N5O3/c1-18(2,3)26-17(25)22-11-10-21-16(20-5)23-12-13-6-8-14(9-7-13)15(24)19-4/h6-9H,10-12H2,1-5H3,(H,19,24)(H,22,25)(H2,20,21,23). The summed E-state index contributed by atoms with van der Waals surface area (Å²) >= 11 is 0. The second kappa shape index (κ2) is 10.3. The molecule has 0 saturated heterocycles. The normalized spacial score (nSPS) is 11.5. The second-order valence-corrected chi connectivity index (χ2v) is 6.56. The fourth-order valence-electron chi connectivity index (χ4n) is 1.98. The Bertz CT molecular complexity index is 621. The van der Waals surface area contributed by atoms with Gasteiger partial charge in [-0.2, -0.15) is 0 Å². The Morgan fingerprint density at radius 3 is 2.19 bits per heavy atom. The molecule has 0 unspecified atom stereocenters. The van der Waals surface area contributed by atoms with Crippen LogP contribution in [0.25, 0.3) is 0 Å². The van der Waals surface area contributed by atoms with Gasteiger partial charge in [0.1, 0.15) is 5.60 Å². The fraction of sp³-hybridized carbons (Fsp3) is 0.500. The molecule has 1 aromatic carbocycles. The van der Waals surface area contributed by atoms with Crippen molar-refractivity contribution in [3.63, 3.8) is 0 Å². The highest BCUT2D eigenvalue weighted by molar-refractivity contribution is 5.93. The average molecular weight is 363 g/mol. The van der Waals surface area contributed by atoms with Gasteiger partial charge in [0, 0.05) is 39.3 Å². The Hall–Kier alpha value is -2.77. The maximum Gasteiger partial charge on any atom is 0.407 e. The van der Waals surface area contributed by atoms with Gasteiger partial charge in [-0.15, -0.1) is 0 Å². The zero-order chi connectivity index (χ0) is 19.6. The highest BCUT2D eigenvalue weighted by Gasteiger charge is 2.15. The maximum absolute atomic E-state index is 11.5. The molecule has 8 heteroatoms. The zero-order valence-corrected chi connectivity index (χ0v) is 16.1. The predicted octanol–water partition coefficient (Wildman–Crippen LogP) is 1.24. The molecule has 2 amide bonds. The summed E-state index contributed by atoms with van der Waals surface area (Å²) in [7, 11) is 3.27. The molecular formula is C18H29N5O3. The van der Waals surface area contributed by atoms with Gasteiger partial charge < -0.3 is 26.0 Å². The van der Waals surface area contributed by atoms with Gasteiger partial charge in [0.05, 0.1) is 0 Å². The number of alkyl carbamates (subject to hydrolysis) is 1. The molecule has 0 aliphatic heterocycles. The third-order valence-corrected chi connectivity index (χ3v) is 3.21. The first kappa shape index (κ1) is 21.3. The SMILES string of the molecule is CN=C(NCCNC(=O)OC(C)(C)C)NCc1ccc(C(=O)NC)cc1. The van der Waals surface area contributed by atoms with E-state index in [1.165, 1.54) is 0 Å². The monoisotopic (exact) mass is 363 g/mol. The number of nitrogens with zero attached hydrogens (tertiary/aromatic N) is 1. The van der Waals surface area contributed by atoms with Crippen molar-refractivity contribution in [2.75, 3.05) is 27.2 Å². The second-order valence-electron chi connectivity index (χ2n) is 6.56. The molecule has 0 fully saturated rings. The Kier molecular flexibility index (Phi) is 8.41. The molecule has 0 bridgehead atoms. The van der Waals surface area contributed by atoms with Crippen molar-refractivity contribution < 1.29 is 14.3 Å². The van der Waals surface area contributed by atoms with E-state index in [4.69, 9.17) is 4.74 Å². The minimum Gasteiger partial charge on any atom is -0.444 e. The molecule has 1 aromatic rings. The molecule has 0 aromatic heterocycles. The smallest absolute Gasteiger partial charge is 0.407 e. The van der Waals surface area contributed by atoms with Gasteiger partial charge in [0.15, 0.2) is 5.96 Å². The van der Waals surface area contributed by atoms with Crippen LogP contribution in [0.1, 0.15) is 36.7 Å². The first-order chi connectivity index (χ1) is 12.2. The molecule has 0 heterocycles. The van der Waals surface area contributed by atoms with Crippen molar-refractivity contribution in [2.24, 2.45) is 4.99 Å². The predicted molar refractivity (Wildman–Crippen MR) is 102 cm³/mol. The summed E-state index contributed by atoms with van der Waals surface area (Å²) in [4.78, 5) is 27.2. The lowest BCUT2D eigenvalue weighted by molar-refractivity contribution is 0.0528. The molecule has 8 nitrogen and oxygen atoms in total. The van der Waals surface area contributed by atoms with Gasteiger partial charge >= 0.3 is 6.09 Å². The molecule has 0 aliphatic carbocycles. The Labute approximate surface area is 154 Å². The van der Waals surface area contributed by atoms with Crippen LogP contribution in [0.5, 0.6) is 0 Å². The summed E-state index contributed by atoms with van der Waals surface area (Å²) in [5, 5.41) is 11.5. The van der Waals surface area contributed by atoms with Gasteiger partial charge in [-0.05, 0) is 38.5 Å². The van der Waals surface area contributed by atoms with E-state index in [-0.39, 0.29) is 5.91 Å². The average Bonchev–Trinajstić information content (AvgIpc) is 2.59. The number of hydrogen-bond donors (Lipinski definition) is 4. The largest absolute Gasteiger partial charge is 0.444 e. The Morgan fingerprint density at radius 1 is 1.04 bits per heavy atom. The molecule has 0 saturated carbocycles. The van der Waals surface area contributed by atoms with Crippen LogP contribution in [0.3, 0.4) is 0 Å². The van der Waals surface area contributed by atoms with E-state index in [1.807, 2.05) is 32.9 Å². The summed E-state index contributed by atoms with van der Waals surface area (Å²) in [6, 6.07) is 7.32. The first-order valence-electron chi connectivity index (χ1n) is 8.47. The van der Waals surface area contributed by atoms with Crippen molar-refractivity contribution in [2.45, 2.75) is 32.9 Å². The van der Waals surface area contributed by atoms with Crippen molar-refractivity contribution in [3.05, 3.63) is 35.4 Å². The molecule has 0 radical (unpaired) electrons. The molecule has 26 heavy (non-hydrogen) atoms. The Balaban J connectivity index is 2.33. The minimum atomic E-state index is -0.511. The van der Waals surface area contributed by atoms with E-state index in [1.54, 1.807) is 26.2 Å². The number of guanidine groups is 1. The van der Waals surface area contributed by atoms with Crippen LogP contribution >= 0.6 is 0 Å². The quantitative estimate of drug-likeness (QED) is 0.346. The number of amides is 2.